The number of hydrogen-bond acceptors (Lipinski definition) is 2. The fraction of sp³-hybridized carbons (Fsp3) is 0.500. The second-order valence-corrected chi connectivity index (χ2v) is 6.06. The maximum Gasteiger partial charge on any atom is 0.182 e. The van der Waals surface area contributed by atoms with E-state index in [1.807, 2.05) is 13.0 Å². The Balaban J connectivity index is 2.33. The zero-order valence-electron chi connectivity index (χ0n) is 7.93. The summed E-state index contributed by atoms with van der Waals surface area (Å²) >= 11 is 4.75. The van der Waals surface area contributed by atoms with Crippen molar-refractivity contribution in [2.45, 2.75) is 26.4 Å². The molecule has 1 heterocycles. The number of alkyl halides is 1. The highest BCUT2D eigenvalue weighted by molar-refractivity contribution is 9.10. The number of ketones is 1. The Morgan fingerprint density at radius 1 is 1.79 bits per heavy atom. The summed E-state index contributed by atoms with van der Waals surface area (Å²) in [5, 5.41) is 0. The Hall–Kier alpha value is -0.220. The fourth-order valence-corrected chi connectivity index (χ4v) is 3.34. The smallest absolute Gasteiger partial charge is 0.182 e. The molecule has 14 heavy (non-hydrogen) atoms. The lowest BCUT2D eigenvalue weighted by molar-refractivity contribution is 0.0897. The van der Waals surface area contributed by atoms with Crippen LogP contribution in [-0.2, 0) is 0 Å². The van der Waals surface area contributed by atoms with Gasteiger partial charge in [-0.15, -0.1) is 11.3 Å². The van der Waals surface area contributed by atoms with Crippen LogP contribution in [0.1, 0.15) is 27.9 Å². The second kappa shape index (κ2) is 3.14. The van der Waals surface area contributed by atoms with Gasteiger partial charge in [-0.05, 0) is 42.3 Å². The summed E-state index contributed by atoms with van der Waals surface area (Å²) in [6, 6.07) is 1.90. The third-order valence-electron chi connectivity index (χ3n) is 2.67. The van der Waals surface area contributed by atoms with Crippen molar-refractivity contribution in [3.8, 4) is 0 Å². The van der Waals surface area contributed by atoms with Crippen LogP contribution in [0, 0.1) is 12.3 Å². The molecule has 1 fully saturated rings. The molecule has 0 radical (unpaired) electrons. The van der Waals surface area contributed by atoms with E-state index < -0.39 is 11.6 Å². The lowest BCUT2D eigenvalue weighted by Crippen LogP contribution is -2.14. The Bertz CT molecular complexity index is 401. The molecule has 1 aromatic heterocycles. The van der Waals surface area contributed by atoms with Crippen molar-refractivity contribution in [1.29, 1.82) is 0 Å². The van der Waals surface area contributed by atoms with Gasteiger partial charge in [0.15, 0.2) is 5.78 Å². The normalized spacial score (nSPS) is 30.4. The lowest BCUT2D eigenvalue weighted by atomic mass is 10.0. The van der Waals surface area contributed by atoms with E-state index in [1.165, 1.54) is 11.3 Å². The van der Waals surface area contributed by atoms with E-state index in [9.17, 15) is 9.18 Å². The summed E-state index contributed by atoms with van der Waals surface area (Å²) in [4.78, 5) is 13.6. The van der Waals surface area contributed by atoms with Gasteiger partial charge >= 0.3 is 0 Å². The summed E-state index contributed by atoms with van der Waals surface area (Å²) in [5.41, 5.74) is -0.750. The van der Waals surface area contributed by atoms with Gasteiger partial charge in [0, 0.05) is 9.35 Å². The lowest BCUT2D eigenvalue weighted by Gasteiger charge is -2.04. The van der Waals surface area contributed by atoms with Crippen LogP contribution in [0.2, 0.25) is 0 Å². The van der Waals surface area contributed by atoms with Crippen molar-refractivity contribution in [3.63, 3.8) is 0 Å². The van der Waals surface area contributed by atoms with Crippen molar-refractivity contribution in [3.05, 3.63) is 20.3 Å². The molecule has 2 rings (SSSR count). The topological polar surface area (TPSA) is 17.1 Å². The quantitative estimate of drug-likeness (QED) is 0.752. The molecule has 1 saturated carbocycles. The molecule has 0 saturated heterocycles. The summed E-state index contributed by atoms with van der Waals surface area (Å²) in [7, 11) is 0. The van der Waals surface area contributed by atoms with Gasteiger partial charge in [0.25, 0.3) is 0 Å². The Labute approximate surface area is 94.5 Å². The first kappa shape index (κ1) is 10.3. The van der Waals surface area contributed by atoms with Crippen LogP contribution < -0.4 is 0 Å². The highest BCUT2D eigenvalue weighted by atomic mass is 79.9. The van der Waals surface area contributed by atoms with E-state index in [4.69, 9.17) is 0 Å². The van der Waals surface area contributed by atoms with Gasteiger partial charge in [0.1, 0.15) is 6.17 Å². The van der Waals surface area contributed by atoms with E-state index in [2.05, 4.69) is 15.9 Å². The minimum atomic E-state index is -0.954. The predicted molar refractivity (Wildman–Crippen MR) is 58.7 cm³/mol. The first-order valence-corrected chi connectivity index (χ1v) is 6.01. The maximum absolute atomic E-state index is 13.0. The molecular weight excluding hydrogens is 267 g/mol. The molecule has 1 nitrogen and oxygen atoms in total. The SMILES string of the molecule is Cc1cc(Br)c(C(=O)C2(C)CC2F)s1. The number of thiophene rings is 1. The van der Waals surface area contributed by atoms with Gasteiger partial charge in [-0.2, -0.15) is 0 Å². The molecule has 0 aliphatic heterocycles. The first-order valence-electron chi connectivity index (χ1n) is 4.40. The number of carbonyl (C=O) groups is 1. The molecule has 1 aliphatic carbocycles. The average molecular weight is 277 g/mol. The minimum absolute atomic E-state index is 0.0602. The molecule has 1 aromatic rings. The van der Waals surface area contributed by atoms with Crippen LogP contribution in [-0.4, -0.2) is 12.0 Å². The number of rotatable bonds is 2. The zero-order valence-corrected chi connectivity index (χ0v) is 10.3. The second-order valence-electron chi connectivity index (χ2n) is 3.95. The van der Waals surface area contributed by atoms with Crippen LogP contribution in [0.3, 0.4) is 0 Å². The van der Waals surface area contributed by atoms with Gasteiger partial charge in [0.05, 0.1) is 10.3 Å². The molecule has 2 unspecified atom stereocenters. The van der Waals surface area contributed by atoms with Crippen LogP contribution in [0.15, 0.2) is 10.5 Å². The van der Waals surface area contributed by atoms with Crippen LogP contribution in [0.5, 0.6) is 0 Å². The standard InChI is InChI=1S/C10H10BrFOS/c1-5-3-6(11)8(14-5)9(13)10(2)4-7(10)12/h3,7H,4H2,1-2H3. The van der Waals surface area contributed by atoms with E-state index >= 15 is 0 Å². The average Bonchev–Trinajstić information content (AvgIpc) is 2.54. The van der Waals surface area contributed by atoms with Gasteiger partial charge in [-0.25, -0.2) is 4.39 Å². The predicted octanol–water partition coefficient (Wildman–Crippen LogP) is 3.75. The Kier molecular flexibility index (Phi) is 2.31. The van der Waals surface area contributed by atoms with Crippen LogP contribution in [0.4, 0.5) is 4.39 Å². The van der Waals surface area contributed by atoms with E-state index in [1.54, 1.807) is 6.92 Å². The summed E-state index contributed by atoms with van der Waals surface area (Å²) in [5.74, 6) is -0.0602. The third kappa shape index (κ3) is 1.44. The molecule has 0 aromatic carbocycles. The maximum atomic E-state index is 13.0. The van der Waals surface area contributed by atoms with Crippen molar-refractivity contribution < 1.29 is 9.18 Å². The summed E-state index contributed by atoms with van der Waals surface area (Å²) < 4.78 is 13.8. The molecular formula is C10H10BrFOS. The molecule has 0 bridgehead atoms. The number of carbonyl (C=O) groups excluding carboxylic acids is 1. The molecule has 1 aliphatic rings. The zero-order chi connectivity index (χ0) is 10.5. The van der Waals surface area contributed by atoms with Gasteiger partial charge in [0.2, 0.25) is 0 Å². The van der Waals surface area contributed by atoms with Gasteiger partial charge in [-0.1, -0.05) is 0 Å². The molecule has 0 spiro atoms. The number of Topliss-reactive ketones (excluding diaryl/α,β-unsaturated/α-hetero) is 1. The Morgan fingerprint density at radius 3 is 2.71 bits per heavy atom. The molecule has 0 amide bonds. The minimum Gasteiger partial charge on any atom is -0.292 e. The summed E-state index contributed by atoms with van der Waals surface area (Å²) in [6.07, 6.45) is -0.584. The highest BCUT2D eigenvalue weighted by Crippen LogP contribution is 2.51. The molecule has 0 N–H and O–H groups in total. The van der Waals surface area contributed by atoms with Crippen molar-refractivity contribution in [2.75, 3.05) is 0 Å². The van der Waals surface area contributed by atoms with Crippen molar-refractivity contribution in [1.82, 2.24) is 0 Å². The van der Waals surface area contributed by atoms with Gasteiger partial charge in [-0.3, -0.25) is 4.79 Å². The van der Waals surface area contributed by atoms with Crippen LogP contribution >= 0.6 is 27.3 Å². The number of halogens is 2. The number of hydrogen-bond donors (Lipinski definition) is 0. The molecule has 4 heteroatoms. The largest absolute Gasteiger partial charge is 0.292 e. The van der Waals surface area contributed by atoms with Crippen molar-refractivity contribution >= 4 is 33.0 Å². The monoisotopic (exact) mass is 276 g/mol. The molecule has 2 atom stereocenters. The summed E-state index contributed by atoms with van der Waals surface area (Å²) in [6.45, 7) is 3.63. The van der Waals surface area contributed by atoms with E-state index in [0.29, 0.717) is 11.3 Å². The molecule has 76 valence electrons. The first-order chi connectivity index (χ1) is 6.45. The highest BCUT2D eigenvalue weighted by Gasteiger charge is 2.57. The van der Waals surface area contributed by atoms with E-state index in [-0.39, 0.29) is 5.78 Å². The third-order valence-corrected chi connectivity index (χ3v) is 4.61. The van der Waals surface area contributed by atoms with Gasteiger partial charge < -0.3 is 0 Å². The Morgan fingerprint density at radius 2 is 2.36 bits per heavy atom. The van der Waals surface area contributed by atoms with Crippen molar-refractivity contribution in [2.24, 2.45) is 5.41 Å². The fourth-order valence-electron chi connectivity index (χ4n) is 1.45. The van der Waals surface area contributed by atoms with Crippen LogP contribution in [0.25, 0.3) is 0 Å². The number of aryl methyl sites for hydroxylation is 1. The van der Waals surface area contributed by atoms with E-state index in [0.717, 1.165) is 9.35 Å².